The fraction of sp³-hybridized carbons (Fsp3) is 0.485. The molecule has 4 aromatic rings. The number of aliphatic hydroxyl groups is 1. The van der Waals surface area contributed by atoms with Crippen molar-refractivity contribution in [1.82, 2.24) is 24.4 Å². The minimum absolute atomic E-state index is 0.125. The van der Waals surface area contributed by atoms with E-state index in [0.717, 1.165) is 31.6 Å². The van der Waals surface area contributed by atoms with Crippen LogP contribution in [0.3, 0.4) is 0 Å². The molecular formula is C33H40FN7O. The fourth-order valence-electron chi connectivity index (χ4n) is 6.66. The molecule has 1 aliphatic carbocycles. The fourth-order valence-corrected chi connectivity index (χ4v) is 6.66. The topological polar surface area (TPSA) is 82.3 Å². The van der Waals surface area contributed by atoms with E-state index in [1.54, 1.807) is 30.7 Å². The maximum absolute atomic E-state index is 15.7. The maximum Gasteiger partial charge on any atom is 0.229 e. The van der Waals surface area contributed by atoms with E-state index in [4.69, 9.17) is 9.97 Å². The van der Waals surface area contributed by atoms with Gasteiger partial charge in [0.1, 0.15) is 11.4 Å². The number of anilines is 3. The van der Waals surface area contributed by atoms with Crippen molar-refractivity contribution in [2.75, 3.05) is 43.4 Å². The molecule has 3 aromatic heterocycles. The van der Waals surface area contributed by atoms with Crippen LogP contribution in [0.2, 0.25) is 0 Å². The van der Waals surface area contributed by atoms with Crippen LogP contribution in [0, 0.1) is 11.2 Å². The second kappa shape index (κ2) is 10.3. The van der Waals surface area contributed by atoms with Crippen LogP contribution in [-0.4, -0.2) is 62.8 Å². The number of likely N-dealkylation sites (tertiary alicyclic amines) is 1. The molecule has 2 aliphatic heterocycles. The SMILES string of the molecule is CN1CCC2(CC1)CCN(c1ccc(Nc3ncc4c(F)c(C5CC5)n(-c5cccc(C(C)(C)O)n5)c4n3)cc1)CC2. The van der Waals surface area contributed by atoms with Crippen molar-refractivity contribution >= 4 is 28.4 Å². The lowest BCUT2D eigenvalue weighted by molar-refractivity contribution is 0.0738. The number of benzene rings is 1. The number of nitrogens with zero attached hydrogens (tertiary/aromatic N) is 6. The maximum atomic E-state index is 15.7. The first-order chi connectivity index (χ1) is 20.2. The van der Waals surface area contributed by atoms with Gasteiger partial charge >= 0.3 is 0 Å². The normalized spacial score (nSPS) is 19.5. The summed E-state index contributed by atoms with van der Waals surface area (Å²) in [5.41, 5.74) is 3.11. The zero-order chi connectivity index (χ0) is 29.1. The Morgan fingerprint density at radius 1 is 0.952 bits per heavy atom. The van der Waals surface area contributed by atoms with Crippen LogP contribution in [0.1, 0.15) is 69.7 Å². The molecule has 0 amide bonds. The molecule has 2 N–H and O–H groups in total. The van der Waals surface area contributed by atoms with Crippen molar-refractivity contribution in [3.05, 3.63) is 65.9 Å². The minimum atomic E-state index is -1.12. The molecule has 8 nitrogen and oxygen atoms in total. The average molecular weight is 570 g/mol. The summed E-state index contributed by atoms with van der Waals surface area (Å²) in [5.74, 6) is 0.780. The lowest BCUT2D eigenvalue weighted by Gasteiger charge is -2.46. The zero-order valence-corrected chi connectivity index (χ0v) is 24.8. The summed E-state index contributed by atoms with van der Waals surface area (Å²) >= 11 is 0. The molecule has 1 aromatic carbocycles. The average Bonchev–Trinajstić information content (AvgIpc) is 3.79. The Bertz CT molecular complexity index is 1590. The highest BCUT2D eigenvalue weighted by atomic mass is 19.1. The van der Waals surface area contributed by atoms with Gasteiger partial charge in [-0.25, -0.2) is 14.4 Å². The van der Waals surface area contributed by atoms with Crippen LogP contribution in [-0.2, 0) is 5.60 Å². The highest BCUT2D eigenvalue weighted by Gasteiger charge is 2.37. The summed E-state index contributed by atoms with van der Waals surface area (Å²) in [6.45, 7) is 8.04. The van der Waals surface area contributed by atoms with Gasteiger partial charge in [-0.15, -0.1) is 0 Å². The van der Waals surface area contributed by atoms with E-state index >= 15 is 4.39 Å². The van der Waals surface area contributed by atoms with Gasteiger partial charge in [0.05, 0.1) is 16.8 Å². The third kappa shape index (κ3) is 5.13. The molecular weight excluding hydrogens is 529 g/mol. The molecule has 0 radical (unpaired) electrons. The lowest BCUT2D eigenvalue weighted by Crippen LogP contribution is -2.46. The molecule has 3 fully saturated rings. The molecule has 0 unspecified atom stereocenters. The first-order valence-electron chi connectivity index (χ1n) is 15.3. The lowest BCUT2D eigenvalue weighted by atomic mass is 9.71. The second-order valence-corrected chi connectivity index (χ2v) is 13.1. The third-order valence-electron chi connectivity index (χ3n) is 9.60. The van der Waals surface area contributed by atoms with Crippen LogP contribution in [0.25, 0.3) is 16.9 Å². The zero-order valence-electron chi connectivity index (χ0n) is 24.8. The van der Waals surface area contributed by atoms with E-state index in [1.807, 2.05) is 12.1 Å². The Kier molecular flexibility index (Phi) is 6.70. The van der Waals surface area contributed by atoms with Gasteiger partial charge in [-0.2, -0.15) is 4.98 Å². The van der Waals surface area contributed by atoms with Crippen LogP contribution in [0.5, 0.6) is 0 Å². The number of halogens is 1. The van der Waals surface area contributed by atoms with Crippen molar-refractivity contribution in [2.24, 2.45) is 5.41 Å². The predicted molar refractivity (Wildman–Crippen MR) is 164 cm³/mol. The van der Waals surface area contributed by atoms with Crippen molar-refractivity contribution < 1.29 is 9.50 Å². The Morgan fingerprint density at radius 2 is 1.64 bits per heavy atom. The number of rotatable bonds is 6. The van der Waals surface area contributed by atoms with E-state index < -0.39 is 5.60 Å². The summed E-state index contributed by atoms with van der Waals surface area (Å²) in [7, 11) is 2.23. The molecule has 0 bridgehead atoms. The molecule has 7 rings (SSSR count). The van der Waals surface area contributed by atoms with E-state index in [9.17, 15) is 5.11 Å². The molecule has 9 heteroatoms. The molecule has 2 saturated heterocycles. The summed E-state index contributed by atoms with van der Waals surface area (Å²) in [4.78, 5) is 18.9. The van der Waals surface area contributed by atoms with E-state index in [2.05, 4.69) is 51.4 Å². The van der Waals surface area contributed by atoms with Crippen LogP contribution >= 0.6 is 0 Å². The third-order valence-corrected chi connectivity index (χ3v) is 9.60. The Balaban J connectivity index is 1.13. The van der Waals surface area contributed by atoms with Crippen LogP contribution < -0.4 is 10.2 Å². The first-order valence-corrected chi connectivity index (χ1v) is 15.3. The minimum Gasteiger partial charge on any atom is -0.384 e. The van der Waals surface area contributed by atoms with E-state index in [0.29, 0.717) is 39.6 Å². The van der Waals surface area contributed by atoms with Gasteiger partial charge in [0.25, 0.3) is 0 Å². The molecule has 1 saturated carbocycles. The van der Waals surface area contributed by atoms with E-state index in [-0.39, 0.29) is 11.7 Å². The summed E-state index contributed by atoms with van der Waals surface area (Å²) in [6.07, 6.45) is 8.59. The summed E-state index contributed by atoms with van der Waals surface area (Å²) in [5, 5.41) is 14.3. The number of aromatic nitrogens is 4. The van der Waals surface area contributed by atoms with Crippen molar-refractivity contribution in [3.8, 4) is 5.82 Å². The highest BCUT2D eigenvalue weighted by Crippen LogP contribution is 2.45. The molecule has 1 spiro atoms. The van der Waals surface area contributed by atoms with Crippen molar-refractivity contribution in [1.29, 1.82) is 0 Å². The van der Waals surface area contributed by atoms with Crippen LogP contribution in [0.4, 0.5) is 21.7 Å². The Hall–Kier alpha value is -3.56. The van der Waals surface area contributed by atoms with E-state index in [1.165, 1.54) is 44.5 Å². The number of pyridine rings is 1. The summed E-state index contributed by atoms with van der Waals surface area (Å²) < 4.78 is 17.5. The standard InChI is InChI=1S/C33H40FN7O/c1-32(2,42)26-5-4-6-27(37-26)41-29(22-7-8-22)28(34)25-21-35-31(38-30(25)41)36-23-9-11-24(12-10-23)40-19-15-33(16-20-40)13-17-39(3)18-14-33/h4-6,9-12,21-22,42H,7-8,13-20H2,1-3H3,(H,35,36,38). The van der Waals surface area contributed by atoms with Crippen molar-refractivity contribution in [3.63, 3.8) is 0 Å². The molecule has 3 aliphatic rings. The van der Waals surface area contributed by atoms with Gasteiger partial charge < -0.3 is 20.2 Å². The number of fused-ring (bicyclic) bond motifs is 1. The molecule has 5 heterocycles. The quantitative estimate of drug-likeness (QED) is 0.290. The number of hydrogen-bond acceptors (Lipinski definition) is 7. The van der Waals surface area contributed by atoms with Gasteiger partial charge in [-0.1, -0.05) is 6.07 Å². The van der Waals surface area contributed by atoms with Crippen LogP contribution in [0.15, 0.2) is 48.7 Å². The Labute approximate surface area is 246 Å². The predicted octanol–water partition coefficient (Wildman–Crippen LogP) is 6.12. The highest BCUT2D eigenvalue weighted by molar-refractivity contribution is 5.81. The monoisotopic (exact) mass is 569 g/mol. The second-order valence-electron chi connectivity index (χ2n) is 13.1. The van der Waals surface area contributed by atoms with Gasteiger partial charge in [-0.3, -0.25) is 4.57 Å². The molecule has 42 heavy (non-hydrogen) atoms. The first kappa shape index (κ1) is 27.3. The molecule has 0 atom stereocenters. The van der Waals surface area contributed by atoms with Gasteiger partial charge in [0.2, 0.25) is 5.95 Å². The van der Waals surface area contributed by atoms with Gasteiger partial charge in [0, 0.05) is 36.6 Å². The molecule has 220 valence electrons. The Morgan fingerprint density at radius 3 is 2.31 bits per heavy atom. The van der Waals surface area contributed by atoms with Gasteiger partial charge in [0.15, 0.2) is 11.5 Å². The van der Waals surface area contributed by atoms with Gasteiger partial charge in [-0.05, 0) is 114 Å². The smallest absolute Gasteiger partial charge is 0.229 e. The van der Waals surface area contributed by atoms with Crippen molar-refractivity contribution in [2.45, 2.75) is 63.9 Å². The number of piperidine rings is 2. The largest absolute Gasteiger partial charge is 0.384 e. The number of hydrogen-bond donors (Lipinski definition) is 2. The summed E-state index contributed by atoms with van der Waals surface area (Å²) in [6, 6.07) is 13.9. The number of nitrogens with one attached hydrogen (secondary N) is 1.